The van der Waals surface area contributed by atoms with Crippen molar-refractivity contribution in [1.29, 1.82) is 0 Å². The number of pyridine rings is 1. The highest BCUT2D eigenvalue weighted by atomic mass is 32.2. The Morgan fingerprint density at radius 1 is 1.13 bits per heavy atom. The van der Waals surface area contributed by atoms with Crippen LogP contribution in [0.4, 0.5) is 21.8 Å². The van der Waals surface area contributed by atoms with E-state index in [1.54, 1.807) is 30.6 Å². The van der Waals surface area contributed by atoms with Gasteiger partial charge in [0.25, 0.3) is 0 Å². The summed E-state index contributed by atoms with van der Waals surface area (Å²) >= 11 is 0. The van der Waals surface area contributed by atoms with E-state index >= 15 is 0 Å². The van der Waals surface area contributed by atoms with Crippen molar-refractivity contribution in [2.45, 2.75) is 6.54 Å². The molecule has 0 bridgehead atoms. The highest BCUT2D eigenvalue weighted by Crippen LogP contribution is 2.23. The standard InChI is InChI=1S/C20H19FN6O2S/c1-26(30(2,28)29)18-15(4-3-10-22-18)13-27-11-9-14-12-23-20(25-19(14)27)24-17-7-5-16(21)6-8-17/h3-12H,13H2,1-2H3,(H,23,24,25). The predicted octanol–water partition coefficient (Wildman–Crippen LogP) is 3.15. The van der Waals surface area contributed by atoms with Gasteiger partial charge in [-0.05, 0) is 36.4 Å². The zero-order chi connectivity index (χ0) is 21.3. The van der Waals surface area contributed by atoms with Gasteiger partial charge in [0.15, 0.2) is 0 Å². The minimum absolute atomic E-state index is 0.322. The SMILES string of the molecule is CN(c1ncccc1Cn1ccc2cnc(Nc3ccc(F)cc3)nc21)S(C)(=O)=O. The van der Waals surface area contributed by atoms with Crippen molar-refractivity contribution in [1.82, 2.24) is 19.5 Å². The topological polar surface area (TPSA) is 93.0 Å². The molecule has 4 aromatic rings. The molecule has 0 aliphatic carbocycles. The second-order valence-electron chi connectivity index (χ2n) is 6.76. The lowest BCUT2D eigenvalue weighted by molar-refractivity contribution is 0.599. The summed E-state index contributed by atoms with van der Waals surface area (Å²) in [5.41, 5.74) is 2.07. The van der Waals surface area contributed by atoms with Gasteiger partial charge >= 0.3 is 0 Å². The molecule has 4 rings (SSSR count). The Balaban J connectivity index is 1.67. The van der Waals surface area contributed by atoms with E-state index < -0.39 is 10.0 Å². The molecule has 30 heavy (non-hydrogen) atoms. The van der Waals surface area contributed by atoms with Gasteiger partial charge in [-0.3, -0.25) is 4.31 Å². The first-order valence-electron chi connectivity index (χ1n) is 9.03. The molecule has 0 radical (unpaired) electrons. The molecule has 0 fully saturated rings. The van der Waals surface area contributed by atoms with E-state index in [0.717, 1.165) is 21.5 Å². The maximum Gasteiger partial charge on any atom is 0.233 e. The van der Waals surface area contributed by atoms with Crippen molar-refractivity contribution in [3.8, 4) is 0 Å². The number of fused-ring (bicyclic) bond motifs is 1. The van der Waals surface area contributed by atoms with Crippen LogP contribution in [0.1, 0.15) is 5.56 Å². The second-order valence-corrected chi connectivity index (χ2v) is 8.78. The Bertz CT molecular complexity index is 1300. The summed E-state index contributed by atoms with van der Waals surface area (Å²) in [5, 5.41) is 3.89. The monoisotopic (exact) mass is 426 g/mol. The molecular weight excluding hydrogens is 407 g/mol. The minimum Gasteiger partial charge on any atom is -0.328 e. The third-order valence-electron chi connectivity index (χ3n) is 4.61. The first kappa shape index (κ1) is 19.8. The van der Waals surface area contributed by atoms with Gasteiger partial charge in [0.05, 0.1) is 12.8 Å². The molecule has 0 atom stereocenters. The normalized spacial score (nSPS) is 11.6. The number of anilines is 3. The summed E-state index contributed by atoms with van der Waals surface area (Å²) in [6.45, 7) is 0.375. The largest absolute Gasteiger partial charge is 0.328 e. The fourth-order valence-electron chi connectivity index (χ4n) is 3.00. The van der Waals surface area contributed by atoms with Crippen LogP contribution >= 0.6 is 0 Å². The Hall–Kier alpha value is -3.53. The molecular formula is C20H19FN6O2S. The van der Waals surface area contributed by atoms with Crippen LogP contribution in [0.15, 0.2) is 61.1 Å². The van der Waals surface area contributed by atoms with E-state index in [-0.39, 0.29) is 5.82 Å². The van der Waals surface area contributed by atoms with E-state index in [1.165, 1.54) is 19.2 Å². The molecule has 0 amide bonds. The molecule has 0 aliphatic heterocycles. The highest BCUT2D eigenvalue weighted by Gasteiger charge is 2.18. The van der Waals surface area contributed by atoms with Gasteiger partial charge in [-0.25, -0.2) is 22.8 Å². The third-order valence-corrected chi connectivity index (χ3v) is 5.77. The lowest BCUT2D eigenvalue weighted by Gasteiger charge is -2.19. The molecule has 3 aromatic heterocycles. The lowest BCUT2D eigenvalue weighted by Crippen LogP contribution is -2.27. The van der Waals surface area contributed by atoms with Crippen molar-refractivity contribution in [2.75, 3.05) is 22.9 Å². The molecule has 0 spiro atoms. The smallest absolute Gasteiger partial charge is 0.233 e. The summed E-state index contributed by atoms with van der Waals surface area (Å²) in [4.78, 5) is 13.1. The Kier molecular flexibility index (Phi) is 5.08. The van der Waals surface area contributed by atoms with Crippen LogP contribution in [-0.4, -0.2) is 41.2 Å². The molecule has 0 aliphatic rings. The first-order chi connectivity index (χ1) is 14.3. The Labute approximate surface area is 173 Å². The summed E-state index contributed by atoms with van der Waals surface area (Å²) in [5.74, 6) is 0.409. The summed E-state index contributed by atoms with van der Waals surface area (Å²) in [6, 6.07) is 11.4. The van der Waals surface area contributed by atoms with Gasteiger partial charge in [0, 0.05) is 42.3 Å². The molecule has 10 heteroatoms. The second kappa shape index (κ2) is 7.71. The van der Waals surface area contributed by atoms with E-state index in [4.69, 9.17) is 0 Å². The zero-order valence-electron chi connectivity index (χ0n) is 16.3. The van der Waals surface area contributed by atoms with Crippen LogP contribution in [0, 0.1) is 5.82 Å². The number of sulfonamides is 1. The first-order valence-corrected chi connectivity index (χ1v) is 10.9. The van der Waals surface area contributed by atoms with Crippen molar-refractivity contribution >= 4 is 38.5 Å². The fourth-order valence-corrected chi connectivity index (χ4v) is 3.48. The minimum atomic E-state index is -3.44. The van der Waals surface area contributed by atoms with Crippen LogP contribution in [0.25, 0.3) is 11.0 Å². The summed E-state index contributed by atoms with van der Waals surface area (Å²) in [6.07, 6.45) is 6.24. The molecule has 0 unspecified atom stereocenters. The summed E-state index contributed by atoms with van der Waals surface area (Å²) in [7, 11) is -1.97. The average Bonchev–Trinajstić information content (AvgIpc) is 3.11. The fraction of sp³-hybridized carbons (Fsp3) is 0.150. The number of aromatic nitrogens is 4. The van der Waals surface area contributed by atoms with Crippen LogP contribution < -0.4 is 9.62 Å². The van der Waals surface area contributed by atoms with Crippen molar-refractivity contribution < 1.29 is 12.8 Å². The quantitative estimate of drug-likeness (QED) is 0.509. The van der Waals surface area contributed by atoms with Gasteiger partial charge in [0.1, 0.15) is 17.3 Å². The summed E-state index contributed by atoms with van der Waals surface area (Å²) < 4.78 is 40.1. The van der Waals surface area contributed by atoms with Crippen molar-refractivity contribution in [3.05, 3.63) is 72.4 Å². The molecule has 154 valence electrons. The van der Waals surface area contributed by atoms with Crippen LogP contribution in [0.2, 0.25) is 0 Å². The van der Waals surface area contributed by atoms with E-state index in [9.17, 15) is 12.8 Å². The van der Waals surface area contributed by atoms with Crippen molar-refractivity contribution in [3.63, 3.8) is 0 Å². The Morgan fingerprint density at radius 2 is 1.90 bits per heavy atom. The van der Waals surface area contributed by atoms with Gasteiger partial charge in [-0.15, -0.1) is 0 Å². The molecule has 0 saturated carbocycles. The molecule has 1 aromatic carbocycles. The maximum absolute atomic E-state index is 13.1. The lowest BCUT2D eigenvalue weighted by atomic mass is 10.2. The number of halogens is 1. The Morgan fingerprint density at radius 3 is 2.63 bits per heavy atom. The number of benzene rings is 1. The molecule has 1 N–H and O–H groups in total. The van der Waals surface area contributed by atoms with E-state index in [0.29, 0.717) is 29.6 Å². The van der Waals surface area contributed by atoms with Crippen molar-refractivity contribution in [2.24, 2.45) is 0 Å². The van der Waals surface area contributed by atoms with Gasteiger partial charge < -0.3 is 9.88 Å². The van der Waals surface area contributed by atoms with Crippen LogP contribution in [0.3, 0.4) is 0 Å². The van der Waals surface area contributed by atoms with Crippen LogP contribution in [-0.2, 0) is 16.6 Å². The van der Waals surface area contributed by atoms with Gasteiger partial charge in [-0.2, -0.15) is 4.98 Å². The van der Waals surface area contributed by atoms with Gasteiger partial charge in [0.2, 0.25) is 16.0 Å². The number of nitrogens with zero attached hydrogens (tertiary/aromatic N) is 5. The molecule has 3 heterocycles. The van der Waals surface area contributed by atoms with Gasteiger partial charge in [-0.1, -0.05) is 6.07 Å². The number of hydrogen-bond acceptors (Lipinski definition) is 6. The van der Waals surface area contributed by atoms with E-state index in [1.807, 2.05) is 22.9 Å². The predicted molar refractivity (Wildman–Crippen MR) is 114 cm³/mol. The number of hydrogen-bond donors (Lipinski definition) is 1. The highest BCUT2D eigenvalue weighted by molar-refractivity contribution is 7.92. The van der Waals surface area contributed by atoms with E-state index in [2.05, 4.69) is 20.3 Å². The zero-order valence-corrected chi connectivity index (χ0v) is 17.1. The van der Waals surface area contributed by atoms with Crippen LogP contribution in [0.5, 0.6) is 0 Å². The average molecular weight is 426 g/mol. The maximum atomic E-state index is 13.1. The molecule has 0 saturated heterocycles. The number of nitrogens with one attached hydrogen (secondary N) is 1. The molecule has 8 nitrogen and oxygen atoms in total. The number of rotatable bonds is 6. The third kappa shape index (κ3) is 4.08.